The van der Waals surface area contributed by atoms with Crippen molar-refractivity contribution >= 4 is 27.3 Å². The molecule has 0 N–H and O–H groups in total. The second-order valence-corrected chi connectivity index (χ2v) is 9.33. The van der Waals surface area contributed by atoms with E-state index in [4.69, 9.17) is 30.5 Å². The van der Waals surface area contributed by atoms with Crippen molar-refractivity contribution in [2.24, 2.45) is 0 Å². The van der Waals surface area contributed by atoms with Crippen LogP contribution in [0.5, 0.6) is 23.0 Å². The van der Waals surface area contributed by atoms with E-state index in [1.165, 1.54) is 49.9 Å². The summed E-state index contributed by atoms with van der Waals surface area (Å²) in [4.78, 5) is 0.0930. The van der Waals surface area contributed by atoms with Gasteiger partial charge in [-0.3, -0.25) is 4.31 Å². The second kappa shape index (κ2) is 10.2. The van der Waals surface area contributed by atoms with Crippen molar-refractivity contribution in [3.8, 4) is 23.0 Å². The smallest absolute Gasteiger partial charge is 0.264 e. The molecule has 176 valence electrons. The second-order valence-electron chi connectivity index (χ2n) is 7.08. The van der Waals surface area contributed by atoms with Gasteiger partial charge in [0.15, 0.2) is 11.5 Å². The molecule has 1 atom stereocenters. The molecule has 0 aliphatic heterocycles. The Kier molecular flexibility index (Phi) is 7.61. The first-order chi connectivity index (χ1) is 15.8. The van der Waals surface area contributed by atoms with Gasteiger partial charge in [-0.2, -0.15) is 0 Å². The Balaban J connectivity index is 2.25. The summed E-state index contributed by atoms with van der Waals surface area (Å²) in [5.74, 6) is 1.99. The van der Waals surface area contributed by atoms with Crippen LogP contribution in [0.25, 0.3) is 0 Å². The first-order valence-corrected chi connectivity index (χ1v) is 11.8. The van der Waals surface area contributed by atoms with Gasteiger partial charge in [-0.05, 0) is 61.5 Å². The number of halogens is 1. The van der Waals surface area contributed by atoms with E-state index in [9.17, 15) is 8.42 Å². The summed E-state index contributed by atoms with van der Waals surface area (Å²) in [6, 6.07) is 15.6. The Morgan fingerprint density at radius 3 is 1.94 bits per heavy atom. The lowest BCUT2D eigenvalue weighted by atomic mass is 10.1. The molecular weight excluding hydrogens is 466 g/mol. The Hall–Kier alpha value is -3.10. The average Bonchev–Trinajstić information content (AvgIpc) is 2.83. The molecule has 9 heteroatoms. The highest BCUT2D eigenvalue weighted by molar-refractivity contribution is 7.92. The van der Waals surface area contributed by atoms with Gasteiger partial charge in [0, 0.05) is 16.7 Å². The van der Waals surface area contributed by atoms with Crippen molar-refractivity contribution in [1.82, 2.24) is 0 Å². The molecule has 7 nitrogen and oxygen atoms in total. The number of methoxy groups -OCH3 is 4. The van der Waals surface area contributed by atoms with Crippen LogP contribution in [0, 0.1) is 0 Å². The SMILES string of the molecule is COc1ccc(OC)c([C@H](C)N(c2ccc(OC)c(OC)c2)S(=O)(=O)c2ccc(Cl)cc2)c1. The first kappa shape index (κ1) is 24.5. The van der Waals surface area contributed by atoms with E-state index < -0.39 is 16.1 Å². The molecule has 0 bridgehead atoms. The molecule has 0 fully saturated rings. The van der Waals surface area contributed by atoms with Crippen LogP contribution in [0.2, 0.25) is 5.02 Å². The lowest BCUT2D eigenvalue weighted by Gasteiger charge is -2.32. The van der Waals surface area contributed by atoms with Gasteiger partial charge in [-0.25, -0.2) is 8.42 Å². The highest BCUT2D eigenvalue weighted by atomic mass is 35.5. The number of sulfonamides is 1. The zero-order valence-corrected chi connectivity index (χ0v) is 20.6. The average molecular weight is 492 g/mol. The maximum atomic E-state index is 13.9. The number of ether oxygens (including phenoxy) is 4. The molecule has 0 aliphatic carbocycles. The van der Waals surface area contributed by atoms with Crippen LogP contribution < -0.4 is 23.3 Å². The van der Waals surface area contributed by atoms with Gasteiger partial charge in [0.2, 0.25) is 0 Å². The highest BCUT2D eigenvalue weighted by Crippen LogP contribution is 2.41. The van der Waals surface area contributed by atoms with E-state index in [-0.39, 0.29) is 4.90 Å². The Bertz CT molecular complexity index is 1210. The predicted octanol–water partition coefficient (Wildman–Crippen LogP) is 5.33. The fourth-order valence-corrected chi connectivity index (χ4v) is 5.30. The van der Waals surface area contributed by atoms with E-state index in [1.807, 2.05) is 0 Å². The van der Waals surface area contributed by atoms with Crippen molar-refractivity contribution in [1.29, 1.82) is 0 Å². The lowest BCUT2D eigenvalue weighted by Crippen LogP contribution is -2.34. The Morgan fingerprint density at radius 1 is 0.758 bits per heavy atom. The minimum atomic E-state index is -4.03. The third-order valence-electron chi connectivity index (χ3n) is 5.23. The minimum Gasteiger partial charge on any atom is -0.497 e. The number of hydrogen-bond acceptors (Lipinski definition) is 6. The van der Waals surface area contributed by atoms with E-state index in [0.29, 0.717) is 39.3 Å². The van der Waals surface area contributed by atoms with Gasteiger partial charge in [-0.1, -0.05) is 11.6 Å². The summed E-state index contributed by atoms with van der Waals surface area (Å²) in [6.07, 6.45) is 0. The van der Waals surface area contributed by atoms with Crippen molar-refractivity contribution < 1.29 is 27.4 Å². The molecule has 0 spiro atoms. The summed E-state index contributed by atoms with van der Waals surface area (Å²) in [7, 11) is 2.07. The molecular formula is C24H26ClNO6S. The van der Waals surface area contributed by atoms with Gasteiger partial charge in [0.25, 0.3) is 10.0 Å². The molecule has 0 aromatic heterocycles. The minimum absolute atomic E-state index is 0.0930. The number of hydrogen-bond donors (Lipinski definition) is 0. The van der Waals surface area contributed by atoms with E-state index in [0.717, 1.165) is 0 Å². The van der Waals surface area contributed by atoms with E-state index in [1.54, 1.807) is 50.4 Å². The van der Waals surface area contributed by atoms with Gasteiger partial charge in [0.1, 0.15) is 11.5 Å². The molecule has 3 rings (SSSR count). The van der Waals surface area contributed by atoms with Gasteiger partial charge in [-0.15, -0.1) is 0 Å². The van der Waals surface area contributed by atoms with Crippen LogP contribution in [0.4, 0.5) is 5.69 Å². The van der Waals surface area contributed by atoms with Crippen molar-refractivity contribution in [2.45, 2.75) is 17.9 Å². The van der Waals surface area contributed by atoms with Gasteiger partial charge in [0.05, 0.1) is 45.1 Å². The number of rotatable bonds is 9. The predicted molar refractivity (Wildman–Crippen MR) is 129 cm³/mol. The molecule has 0 heterocycles. The molecule has 33 heavy (non-hydrogen) atoms. The van der Waals surface area contributed by atoms with Crippen LogP contribution in [-0.2, 0) is 10.0 Å². The third kappa shape index (κ3) is 4.96. The summed E-state index contributed by atoms with van der Waals surface area (Å²) in [5, 5.41) is 0.439. The standard InChI is InChI=1S/C24H26ClNO6S/c1-16(21-15-19(29-2)9-13-22(21)30-3)26(18-8-12-23(31-4)24(14-18)32-5)33(27,28)20-10-6-17(25)7-11-20/h6-16H,1-5H3/t16-/m0/s1. The number of nitrogens with zero attached hydrogens (tertiary/aromatic N) is 1. The van der Waals surface area contributed by atoms with E-state index in [2.05, 4.69) is 0 Å². The Morgan fingerprint density at radius 2 is 1.36 bits per heavy atom. The van der Waals surface area contributed by atoms with Crippen molar-refractivity contribution in [3.05, 3.63) is 71.2 Å². The molecule has 3 aromatic rings. The molecule has 0 amide bonds. The van der Waals surface area contributed by atoms with Crippen LogP contribution in [0.1, 0.15) is 18.5 Å². The van der Waals surface area contributed by atoms with Crippen LogP contribution in [0.15, 0.2) is 65.6 Å². The van der Waals surface area contributed by atoms with Crippen LogP contribution >= 0.6 is 11.6 Å². The normalized spacial score (nSPS) is 12.1. The molecule has 3 aromatic carbocycles. The zero-order valence-electron chi connectivity index (χ0n) is 19.0. The summed E-state index contributed by atoms with van der Waals surface area (Å²) >= 11 is 5.99. The van der Waals surface area contributed by atoms with Crippen molar-refractivity contribution in [2.75, 3.05) is 32.7 Å². The van der Waals surface area contributed by atoms with Crippen LogP contribution in [-0.4, -0.2) is 36.9 Å². The molecule has 0 saturated heterocycles. The molecule has 0 radical (unpaired) electrons. The van der Waals surface area contributed by atoms with Gasteiger partial charge < -0.3 is 18.9 Å². The highest BCUT2D eigenvalue weighted by Gasteiger charge is 2.33. The quantitative estimate of drug-likeness (QED) is 0.402. The molecule has 0 aliphatic rings. The van der Waals surface area contributed by atoms with Gasteiger partial charge >= 0.3 is 0 Å². The lowest BCUT2D eigenvalue weighted by molar-refractivity contribution is 0.355. The fraction of sp³-hybridized carbons (Fsp3) is 0.250. The third-order valence-corrected chi connectivity index (χ3v) is 7.40. The van der Waals surface area contributed by atoms with E-state index >= 15 is 0 Å². The summed E-state index contributed by atoms with van der Waals surface area (Å²) in [5.41, 5.74) is 1.02. The number of anilines is 1. The molecule has 0 saturated carbocycles. The zero-order chi connectivity index (χ0) is 24.2. The maximum absolute atomic E-state index is 13.9. The Labute approximate surface area is 199 Å². The monoisotopic (exact) mass is 491 g/mol. The number of benzene rings is 3. The summed E-state index contributed by atoms with van der Waals surface area (Å²) in [6.45, 7) is 1.78. The maximum Gasteiger partial charge on any atom is 0.264 e. The topological polar surface area (TPSA) is 74.3 Å². The first-order valence-electron chi connectivity index (χ1n) is 10.0. The van der Waals surface area contributed by atoms with Crippen molar-refractivity contribution in [3.63, 3.8) is 0 Å². The fourth-order valence-electron chi connectivity index (χ4n) is 3.54. The molecule has 0 unspecified atom stereocenters. The largest absolute Gasteiger partial charge is 0.497 e. The summed E-state index contributed by atoms with van der Waals surface area (Å²) < 4.78 is 50.8. The van der Waals surface area contributed by atoms with Crippen LogP contribution in [0.3, 0.4) is 0 Å².